The van der Waals surface area contributed by atoms with E-state index in [4.69, 9.17) is 28.3 Å². The maximum absolute atomic E-state index is 15.0. The third-order valence-electron chi connectivity index (χ3n) is 21.4. The lowest BCUT2D eigenvalue weighted by Crippen LogP contribution is -2.63. The number of aliphatic carboxylic acids is 1. The largest absolute Gasteiger partial charge is 0.494 e. The highest BCUT2D eigenvalue weighted by Gasteiger charge is 2.69. The van der Waals surface area contributed by atoms with Gasteiger partial charge in [0.1, 0.15) is 23.8 Å². The normalized spacial score (nSPS) is 37.7. The van der Waals surface area contributed by atoms with E-state index in [0.717, 1.165) is 31.8 Å². The summed E-state index contributed by atoms with van der Waals surface area (Å²) < 4.78 is 63.3. The van der Waals surface area contributed by atoms with E-state index < -0.39 is 120 Å². The second-order valence-electron chi connectivity index (χ2n) is 25.8. The van der Waals surface area contributed by atoms with E-state index in [1.54, 1.807) is 25.1 Å². The lowest BCUT2D eigenvalue weighted by atomic mass is 9.44. The van der Waals surface area contributed by atoms with Gasteiger partial charge >= 0.3 is 32.1 Å². The van der Waals surface area contributed by atoms with Crippen molar-refractivity contribution < 1.29 is 91.2 Å². The molecule has 4 bridgehead atoms. The molecule has 15 atom stereocenters. The molecule has 0 saturated heterocycles. The van der Waals surface area contributed by atoms with Crippen LogP contribution in [0.4, 0.5) is 8.78 Å². The Kier molecular flexibility index (Phi) is 16.6. The average Bonchev–Trinajstić information content (AvgIpc) is 2.08. The minimum Gasteiger partial charge on any atom is -0.479 e. The standard InChI is InChI=1S/C31H40BFO8.C29H36BFO9/c1-17-8-12-31-13-10-21(35)27(31)30(17,5)23(14-29(4,11-9-18(2)34)28(37)19(31)3)41-24(36)16-39-22-7-6-20-15-40-32(38)25(20)26(22)33;1-16-6-10-29-11-7-18(32)26(29)28(16,3)21(13-27(2,20(33)12-29)9-8-22(34)35)40-23(36)15-38-19-5-4-17-14-39-30(37)24(17)25(19)31/h6-7,9,11,17,19,23,27-28,37-38H,8,10,12-16H2,1-5H3;4-5,8-9,16,20-21,26,33,37H,6-7,10-15H2,1-3H3,(H,34,35)/b11-9+;9-8+/t17-,19+,23-,27+,28+,29-,30+,31+;16-,20+,21-,26+,27-,28+,29+/m11/s1. The summed E-state index contributed by atoms with van der Waals surface area (Å²) in [6.45, 7) is 14.1. The molecular formula is C60H76B2F2O17. The first-order chi connectivity index (χ1) is 38.0. The smallest absolute Gasteiger partial charge is 0.479 e. The van der Waals surface area contributed by atoms with Crippen LogP contribution < -0.4 is 20.4 Å². The number of benzene rings is 2. The van der Waals surface area contributed by atoms with E-state index in [-0.39, 0.29) is 89.5 Å². The third-order valence-corrected chi connectivity index (χ3v) is 21.4. The summed E-state index contributed by atoms with van der Waals surface area (Å²) in [6, 6.07) is 5.88. The number of fused-ring (bicyclic) bond motifs is 2. The molecule has 6 saturated carbocycles. The number of ether oxygens (including phenoxy) is 4. The number of carbonyl (C=O) groups excluding carboxylic acids is 5. The molecule has 0 unspecified atom stereocenters. The first kappa shape index (κ1) is 60.3. The Morgan fingerprint density at radius 1 is 0.679 bits per heavy atom. The van der Waals surface area contributed by atoms with Gasteiger partial charge in [0.05, 0.1) is 25.4 Å². The molecule has 0 aromatic heterocycles. The molecule has 6 fully saturated rings. The van der Waals surface area contributed by atoms with Crippen molar-refractivity contribution in [2.24, 2.45) is 62.1 Å². The Labute approximate surface area is 471 Å². The van der Waals surface area contributed by atoms with Crippen molar-refractivity contribution in [2.75, 3.05) is 13.2 Å². The van der Waals surface area contributed by atoms with Gasteiger partial charge in [0.25, 0.3) is 0 Å². The van der Waals surface area contributed by atoms with Crippen molar-refractivity contribution in [1.29, 1.82) is 0 Å². The van der Waals surface area contributed by atoms with Gasteiger partial charge in [-0.2, -0.15) is 0 Å². The van der Waals surface area contributed by atoms with Gasteiger partial charge in [0.15, 0.2) is 42.1 Å². The fourth-order valence-corrected chi connectivity index (χ4v) is 16.4. The Bertz CT molecular complexity index is 2920. The Balaban J connectivity index is 0.000000196. The summed E-state index contributed by atoms with van der Waals surface area (Å²) in [6.07, 6.45) is 8.11. The number of Topliss-reactive ketones (excluding diaryl/α,β-unsaturated/α-hetero) is 2. The SMILES string of the molecule is CC(=O)/C=C/[C@]1(C)C[C@@H](OC(=O)COc2ccc3c(c2F)B(O)OC3)[C@]2(C)[C@H](C)CC[C@]3(CCC(=O)[C@H]32)[C@@H](C)[C@@H]1O.C[C@@H]1CC[C@@]23CCC(=O)[C@H]2[C@]1(C)[C@H](OC(=O)COc1ccc2c(c1F)B(O)OC2)C[C@@](C)(/C=C/C(=O)O)[C@@H](O)C3. The zero-order valence-electron chi connectivity index (χ0n) is 47.5. The number of hydrogen-bond acceptors (Lipinski definition) is 16. The van der Waals surface area contributed by atoms with Gasteiger partial charge in [-0.15, -0.1) is 0 Å². The zero-order chi connectivity index (χ0) is 58.9. The van der Waals surface area contributed by atoms with Crippen molar-refractivity contribution in [3.05, 3.63) is 71.3 Å². The van der Waals surface area contributed by atoms with Crippen molar-refractivity contribution in [1.82, 2.24) is 0 Å². The van der Waals surface area contributed by atoms with Crippen LogP contribution in [0.25, 0.3) is 0 Å². The van der Waals surface area contributed by atoms with Crippen LogP contribution in [-0.4, -0.2) is 112 Å². The summed E-state index contributed by atoms with van der Waals surface area (Å²) in [7, 11) is -2.82. The predicted octanol–water partition coefficient (Wildman–Crippen LogP) is 5.83. The molecular weight excluding hydrogens is 1050 g/mol. The first-order valence-electron chi connectivity index (χ1n) is 28.4. The molecule has 21 heteroatoms. The molecule has 0 spiro atoms. The molecule has 10 rings (SSSR count). The number of aliphatic hydroxyl groups is 2. The lowest BCUT2D eigenvalue weighted by molar-refractivity contribution is -0.207. The number of halogens is 2. The predicted molar refractivity (Wildman–Crippen MR) is 290 cm³/mol. The Hall–Kier alpha value is -5.31. The average molecular weight is 1130 g/mol. The lowest BCUT2D eigenvalue weighted by Gasteiger charge is -2.61. The van der Waals surface area contributed by atoms with Crippen molar-refractivity contribution in [3.63, 3.8) is 0 Å². The van der Waals surface area contributed by atoms with Crippen LogP contribution in [0.3, 0.4) is 0 Å². The summed E-state index contributed by atoms with van der Waals surface area (Å²) in [5.74, 6) is -5.61. The molecule has 2 aliphatic heterocycles. The second kappa shape index (κ2) is 22.4. The van der Waals surface area contributed by atoms with Crippen LogP contribution in [-0.2, 0) is 60.8 Å². The van der Waals surface area contributed by atoms with E-state index in [0.29, 0.717) is 43.2 Å². The first-order valence-corrected chi connectivity index (χ1v) is 28.4. The van der Waals surface area contributed by atoms with Gasteiger partial charge in [-0.3, -0.25) is 14.4 Å². The molecule has 2 aromatic rings. The molecule has 6 aliphatic carbocycles. The topological polar surface area (TPSA) is 259 Å². The summed E-state index contributed by atoms with van der Waals surface area (Å²) in [4.78, 5) is 76.9. The van der Waals surface area contributed by atoms with Crippen molar-refractivity contribution in [3.8, 4) is 11.5 Å². The van der Waals surface area contributed by atoms with Gasteiger partial charge in [0, 0.05) is 63.3 Å². The number of carbonyl (C=O) groups is 6. The van der Waals surface area contributed by atoms with E-state index in [1.807, 2.05) is 34.6 Å². The molecule has 5 N–H and O–H groups in total. The number of carboxylic acid groups (broad SMARTS) is 1. The molecule has 81 heavy (non-hydrogen) atoms. The van der Waals surface area contributed by atoms with Crippen LogP contribution in [0.5, 0.6) is 11.5 Å². The van der Waals surface area contributed by atoms with Crippen LogP contribution >= 0.6 is 0 Å². The second-order valence-corrected chi connectivity index (χ2v) is 25.8. The molecule has 17 nitrogen and oxygen atoms in total. The molecule has 0 amide bonds. The number of allylic oxidation sites excluding steroid dienone is 1. The molecule has 2 heterocycles. The van der Waals surface area contributed by atoms with E-state index >= 15 is 4.39 Å². The van der Waals surface area contributed by atoms with Crippen molar-refractivity contribution in [2.45, 2.75) is 164 Å². The number of rotatable bonds is 12. The van der Waals surface area contributed by atoms with Gasteiger partial charge in [0.2, 0.25) is 0 Å². The van der Waals surface area contributed by atoms with Gasteiger partial charge < -0.3 is 53.6 Å². The van der Waals surface area contributed by atoms with Crippen LogP contribution in [0.2, 0.25) is 0 Å². The number of hydrogen-bond donors (Lipinski definition) is 5. The van der Waals surface area contributed by atoms with Gasteiger partial charge in [-0.05, 0) is 123 Å². The molecule has 8 aliphatic rings. The fourth-order valence-electron chi connectivity index (χ4n) is 16.4. The fraction of sp³-hybridized carbons (Fsp3) is 0.633. The highest BCUT2D eigenvalue weighted by atomic mass is 19.1. The van der Waals surface area contributed by atoms with Crippen LogP contribution in [0.1, 0.15) is 137 Å². The number of carboxylic acids is 1. The number of esters is 2. The van der Waals surface area contributed by atoms with Crippen LogP contribution in [0.15, 0.2) is 48.6 Å². The maximum Gasteiger partial charge on any atom is 0.494 e. The molecule has 438 valence electrons. The van der Waals surface area contributed by atoms with Gasteiger partial charge in [-0.1, -0.05) is 72.8 Å². The van der Waals surface area contributed by atoms with Gasteiger partial charge in [-0.25, -0.2) is 23.2 Å². The maximum atomic E-state index is 15.0. The third kappa shape index (κ3) is 10.5. The molecule has 2 aromatic carbocycles. The van der Waals surface area contributed by atoms with E-state index in [1.165, 1.54) is 31.2 Å². The van der Waals surface area contributed by atoms with Crippen molar-refractivity contribution >= 4 is 60.4 Å². The van der Waals surface area contributed by atoms with E-state index in [9.17, 15) is 58.5 Å². The quantitative estimate of drug-likeness (QED) is 0.0952. The zero-order valence-corrected chi connectivity index (χ0v) is 47.5. The monoisotopic (exact) mass is 1130 g/mol. The summed E-state index contributed by atoms with van der Waals surface area (Å²) in [5, 5.41) is 52.5. The Morgan fingerprint density at radius 2 is 1.16 bits per heavy atom. The highest BCUT2D eigenvalue weighted by Crippen LogP contribution is 2.69. The Morgan fingerprint density at radius 3 is 1.69 bits per heavy atom. The molecule has 0 radical (unpaired) electrons. The van der Waals surface area contributed by atoms with E-state index in [2.05, 4.69) is 6.92 Å². The summed E-state index contributed by atoms with van der Waals surface area (Å²) in [5.41, 5.74) is -3.39. The number of ketones is 3. The minimum atomic E-state index is -1.42. The highest BCUT2D eigenvalue weighted by molar-refractivity contribution is 6.62. The summed E-state index contributed by atoms with van der Waals surface area (Å²) >= 11 is 0. The number of aliphatic hydroxyl groups excluding tert-OH is 2. The van der Waals surface area contributed by atoms with Crippen LogP contribution in [0, 0.1) is 73.7 Å². The minimum absolute atomic E-state index is 0.00461.